The fourth-order valence-corrected chi connectivity index (χ4v) is 5.07. The number of sulfonamides is 1. The minimum atomic E-state index is -3.66. The highest BCUT2D eigenvalue weighted by molar-refractivity contribution is 7.89. The first-order chi connectivity index (χ1) is 15.3. The Hall–Kier alpha value is -3.16. The van der Waals surface area contributed by atoms with E-state index in [1.165, 1.54) is 6.07 Å². The molecule has 0 aliphatic carbocycles. The predicted octanol–water partition coefficient (Wildman–Crippen LogP) is 3.83. The van der Waals surface area contributed by atoms with Gasteiger partial charge >= 0.3 is 0 Å². The minimum Gasteiger partial charge on any atom is -0.483 e. The van der Waals surface area contributed by atoms with Crippen molar-refractivity contribution < 1.29 is 17.9 Å². The molecule has 0 spiro atoms. The second kappa shape index (κ2) is 9.14. The molecule has 0 saturated carbocycles. The van der Waals surface area contributed by atoms with Gasteiger partial charge in [-0.25, -0.2) is 13.1 Å². The molecule has 1 atom stereocenters. The zero-order valence-corrected chi connectivity index (χ0v) is 18.9. The third-order valence-electron chi connectivity index (χ3n) is 5.59. The molecule has 32 heavy (non-hydrogen) atoms. The fourth-order valence-electron chi connectivity index (χ4n) is 3.96. The van der Waals surface area contributed by atoms with Gasteiger partial charge in [-0.2, -0.15) is 0 Å². The number of carbonyl (C=O) groups is 1. The summed E-state index contributed by atoms with van der Waals surface area (Å²) >= 11 is 0. The molecule has 0 unspecified atom stereocenters. The SMILES string of the molecule is Cc1cc(S(=O)(=O)NCc2ccccc2)ccc1OCC(=O)N1c2ccccc2C[C@@H]1C. The van der Waals surface area contributed by atoms with Crippen LogP contribution in [0.15, 0.2) is 77.7 Å². The quantitative estimate of drug-likeness (QED) is 0.594. The van der Waals surface area contributed by atoms with Gasteiger partial charge in [0.2, 0.25) is 10.0 Å². The standard InChI is InChI=1S/C25H26N2O4S/c1-18-14-22(32(29,30)26-16-20-8-4-3-5-9-20)12-13-24(18)31-17-25(28)27-19(2)15-21-10-6-7-11-23(21)27/h3-14,19,26H,15-17H2,1-2H3/t19-/m0/s1. The van der Waals surface area contributed by atoms with E-state index in [1.54, 1.807) is 24.0 Å². The number of fused-ring (bicyclic) bond motifs is 1. The predicted molar refractivity (Wildman–Crippen MR) is 124 cm³/mol. The van der Waals surface area contributed by atoms with E-state index >= 15 is 0 Å². The van der Waals surface area contributed by atoms with Gasteiger partial charge in [0.1, 0.15) is 5.75 Å². The maximum absolute atomic E-state index is 12.8. The third-order valence-corrected chi connectivity index (χ3v) is 6.99. The molecule has 3 aromatic carbocycles. The van der Waals surface area contributed by atoms with Crippen molar-refractivity contribution in [2.45, 2.75) is 37.8 Å². The van der Waals surface area contributed by atoms with Crippen molar-refractivity contribution in [1.29, 1.82) is 0 Å². The number of ether oxygens (including phenoxy) is 1. The Labute approximate surface area is 188 Å². The van der Waals surface area contributed by atoms with Crippen molar-refractivity contribution in [1.82, 2.24) is 4.72 Å². The summed E-state index contributed by atoms with van der Waals surface area (Å²) in [5.41, 5.74) is 3.61. The number of nitrogens with one attached hydrogen (secondary N) is 1. The zero-order valence-electron chi connectivity index (χ0n) is 18.1. The van der Waals surface area contributed by atoms with E-state index in [0.717, 1.165) is 23.2 Å². The first-order valence-electron chi connectivity index (χ1n) is 10.5. The van der Waals surface area contributed by atoms with Gasteiger partial charge in [-0.3, -0.25) is 4.79 Å². The number of amides is 1. The Kier molecular flexibility index (Phi) is 6.30. The number of nitrogens with zero attached hydrogens (tertiary/aromatic N) is 1. The van der Waals surface area contributed by atoms with Crippen molar-refractivity contribution in [3.8, 4) is 5.75 Å². The van der Waals surface area contributed by atoms with E-state index in [2.05, 4.69) is 4.72 Å². The van der Waals surface area contributed by atoms with Gasteiger partial charge in [-0.05, 0) is 61.2 Å². The Balaban J connectivity index is 1.41. The van der Waals surface area contributed by atoms with Crippen LogP contribution in [0.3, 0.4) is 0 Å². The average Bonchev–Trinajstić information content (AvgIpc) is 3.13. The summed E-state index contributed by atoms with van der Waals surface area (Å²) in [5, 5.41) is 0. The highest BCUT2D eigenvalue weighted by Crippen LogP contribution is 2.32. The summed E-state index contributed by atoms with van der Waals surface area (Å²) in [7, 11) is -3.66. The molecule has 1 aliphatic rings. The van der Waals surface area contributed by atoms with Crippen LogP contribution in [0.4, 0.5) is 5.69 Å². The second-order valence-electron chi connectivity index (χ2n) is 7.97. The zero-order chi connectivity index (χ0) is 22.7. The summed E-state index contributed by atoms with van der Waals surface area (Å²) in [6.07, 6.45) is 0.823. The van der Waals surface area contributed by atoms with Gasteiger partial charge in [0.25, 0.3) is 5.91 Å². The molecule has 166 valence electrons. The summed E-state index contributed by atoms with van der Waals surface area (Å²) in [6, 6.07) is 21.9. The maximum atomic E-state index is 12.8. The maximum Gasteiger partial charge on any atom is 0.265 e. The molecule has 4 rings (SSSR count). The van der Waals surface area contributed by atoms with Crippen LogP contribution < -0.4 is 14.4 Å². The van der Waals surface area contributed by atoms with Crippen LogP contribution in [0.5, 0.6) is 5.75 Å². The normalized spacial score (nSPS) is 15.4. The van der Waals surface area contributed by atoms with Gasteiger partial charge in [0.15, 0.2) is 6.61 Å². The number of rotatable bonds is 7. The number of hydrogen-bond donors (Lipinski definition) is 1. The second-order valence-corrected chi connectivity index (χ2v) is 9.74. The largest absolute Gasteiger partial charge is 0.483 e. The highest BCUT2D eigenvalue weighted by Gasteiger charge is 2.30. The Morgan fingerprint density at radius 1 is 1.06 bits per heavy atom. The molecule has 1 heterocycles. The third kappa shape index (κ3) is 4.69. The molecule has 7 heteroatoms. The lowest BCUT2D eigenvalue weighted by molar-refractivity contribution is -0.120. The molecule has 0 bridgehead atoms. The van der Waals surface area contributed by atoms with E-state index in [9.17, 15) is 13.2 Å². The molecule has 0 radical (unpaired) electrons. The van der Waals surface area contributed by atoms with Crippen LogP contribution in [0.2, 0.25) is 0 Å². The molecule has 1 aliphatic heterocycles. The summed E-state index contributed by atoms with van der Waals surface area (Å²) in [4.78, 5) is 14.8. The fraction of sp³-hybridized carbons (Fsp3) is 0.240. The van der Waals surface area contributed by atoms with Crippen LogP contribution in [0.1, 0.15) is 23.6 Å². The van der Waals surface area contributed by atoms with Crippen molar-refractivity contribution >= 4 is 21.6 Å². The van der Waals surface area contributed by atoms with Gasteiger partial charge in [0, 0.05) is 18.3 Å². The van der Waals surface area contributed by atoms with E-state index in [1.807, 2.05) is 61.5 Å². The molecule has 0 fully saturated rings. The summed E-state index contributed by atoms with van der Waals surface area (Å²) in [5.74, 6) is 0.364. The summed E-state index contributed by atoms with van der Waals surface area (Å²) in [6.45, 7) is 3.89. The number of anilines is 1. The van der Waals surface area contributed by atoms with E-state index < -0.39 is 10.0 Å². The lowest BCUT2D eigenvalue weighted by Crippen LogP contribution is -2.39. The molecular formula is C25H26N2O4S. The van der Waals surface area contributed by atoms with Gasteiger partial charge in [-0.1, -0.05) is 48.5 Å². The number of benzene rings is 3. The Morgan fingerprint density at radius 3 is 2.53 bits per heavy atom. The molecule has 1 amide bonds. The molecule has 3 aromatic rings. The lowest BCUT2D eigenvalue weighted by Gasteiger charge is -2.23. The van der Waals surface area contributed by atoms with Crippen molar-refractivity contribution in [2.24, 2.45) is 0 Å². The number of aryl methyl sites for hydroxylation is 1. The van der Waals surface area contributed by atoms with Crippen LogP contribution in [-0.4, -0.2) is 27.0 Å². The Morgan fingerprint density at radius 2 is 1.78 bits per heavy atom. The average molecular weight is 451 g/mol. The molecular weight excluding hydrogens is 424 g/mol. The molecule has 0 saturated heterocycles. The van der Waals surface area contributed by atoms with E-state index in [0.29, 0.717) is 11.3 Å². The van der Waals surface area contributed by atoms with E-state index in [4.69, 9.17) is 4.74 Å². The van der Waals surface area contributed by atoms with Crippen LogP contribution >= 0.6 is 0 Å². The highest BCUT2D eigenvalue weighted by atomic mass is 32.2. The lowest BCUT2D eigenvalue weighted by atomic mass is 10.1. The summed E-state index contributed by atoms with van der Waals surface area (Å²) < 4.78 is 33.7. The molecule has 0 aromatic heterocycles. The minimum absolute atomic E-state index is 0.0767. The van der Waals surface area contributed by atoms with Gasteiger partial charge in [-0.15, -0.1) is 0 Å². The van der Waals surface area contributed by atoms with E-state index in [-0.39, 0.29) is 30.0 Å². The number of carbonyl (C=O) groups excluding carboxylic acids is 1. The van der Waals surface area contributed by atoms with Crippen LogP contribution in [0, 0.1) is 6.92 Å². The Bertz CT molecular complexity index is 1230. The van der Waals surface area contributed by atoms with Gasteiger partial charge in [0.05, 0.1) is 4.90 Å². The van der Waals surface area contributed by atoms with Gasteiger partial charge < -0.3 is 9.64 Å². The number of para-hydroxylation sites is 1. The van der Waals surface area contributed by atoms with Crippen LogP contribution in [0.25, 0.3) is 0 Å². The topological polar surface area (TPSA) is 75.7 Å². The first-order valence-corrected chi connectivity index (χ1v) is 12.0. The molecule has 6 nitrogen and oxygen atoms in total. The van der Waals surface area contributed by atoms with Crippen LogP contribution in [-0.2, 0) is 27.8 Å². The smallest absolute Gasteiger partial charge is 0.265 e. The van der Waals surface area contributed by atoms with Crippen molar-refractivity contribution in [3.05, 3.63) is 89.5 Å². The van der Waals surface area contributed by atoms with Crippen molar-refractivity contribution in [2.75, 3.05) is 11.5 Å². The molecule has 1 N–H and O–H groups in total. The van der Waals surface area contributed by atoms with Crippen molar-refractivity contribution in [3.63, 3.8) is 0 Å². The number of hydrogen-bond acceptors (Lipinski definition) is 4. The first kappa shape index (κ1) is 22.0. The monoisotopic (exact) mass is 450 g/mol.